The van der Waals surface area contributed by atoms with E-state index in [4.69, 9.17) is 9.47 Å². The van der Waals surface area contributed by atoms with Crippen molar-refractivity contribution in [3.8, 4) is 5.88 Å². The Balaban J connectivity index is 1.81. The van der Waals surface area contributed by atoms with Gasteiger partial charge in [-0.05, 0) is 28.2 Å². The minimum atomic E-state index is 0.429. The summed E-state index contributed by atoms with van der Waals surface area (Å²) in [4.78, 5) is 8.45. The maximum atomic E-state index is 5.78. The maximum Gasteiger partial charge on any atom is 0.241 e. The molecule has 2 heterocycles. The zero-order valence-electron chi connectivity index (χ0n) is 11.5. The average molecular weight is 395 g/mol. The van der Waals surface area contributed by atoms with Crippen LogP contribution in [0.2, 0.25) is 0 Å². The highest BCUT2D eigenvalue weighted by Crippen LogP contribution is 2.27. The summed E-state index contributed by atoms with van der Waals surface area (Å²) in [5, 5.41) is 0. The first-order valence-corrected chi connectivity index (χ1v) is 7.52. The Labute approximate surface area is 136 Å². The molecule has 0 spiro atoms. The lowest BCUT2D eigenvalue weighted by Crippen LogP contribution is -2.03. The van der Waals surface area contributed by atoms with Gasteiger partial charge in [-0.1, -0.05) is 30.3 Å². The Bertz CT molecular complexity index is 743. The van der Waals surface area contributed by atoms with Crippen LogP contribution in [-0.2, 0) is 18.1 Å². The maximum absolute atomic E-state index is 5.78. The number of halogens is 1. The van der Waals surface area contributed by atoms with Gasteiger partial charge in [0.15, 0.2) is 0 Å². The van der Waals surface area contributed by atoms with E-state index in [0.29, 0.717) is 19.2 Å². The van der Waals surface area contributed by atoms with Crippen molar-refractivity contribution < 1.29 is 9.47 Å². The first-order valence-electron chi connectivity index (χ1n) is 6.44. The van der Waals surface area contributed by atoms with E-state index in [1.54, 1.807) is 7.11 Å². The molecule has 0 amide bonds. The van der Waals surface area contributed by atoms with Crippen LogP contribution in [0.4, 0.5) is 0 Å². The molecule has 0 radical (unpaired) electrons. The summed E-state index contributed by atoms with van der Waals surface area (Å²) in [5.41, 5.74) is 2.88. The minimum Gasteiger partial charge on any atom is -0.479 e. The molecule has 0 saturated carbocycles. The summed E-state index contributed by atoms with van der Waals surface area (Å²) >= 11 is 2.25. The third-order valence-electron chi connectivity index (χ3n) is 3.11. The number of ether oxygens (including phenoxy) is 2. The predicted octanol–water partition coefficient (Wildman–Crippen LogP) is 3.22. The van der Waals surface area contributed by atoms with Gasteiger partial charge < -0.3 is 14.0 Å². The molecule has 0 bridgehead atoms. The van der Waals surface area contributed by atoms with Gasteiger partial charge in [0.05, 0.1) is 17.3 Å². The van der Waals surface area contributed by atoms with Gasteiger partial charge in [-0.3, -0.25) is 0 Å². The van der Waals surface area contributed by atoms with E-state index in [1.165, 1.54) is 6.33 Å². The van der Waals surface area contributed by atoms with Gasteiger partial charge in [0.1, 0.15) is 24.1 Å². The molecule has 3 aromatic rings. The summed E-state index contributed by atoms with van der Waals surface area (Å²) in [6, 6.07) is 10.1. The molecule has 6 heteroatoms. The van der Waals surface area contributed by atoms with Gasteiger partial charge in [-0.2, -0.15) is 4.98 Å². The normalized spacial score (nSPS) is 11.0. The van der Waals surface area contributed by atoms with Crippen LogP contribution >= 0.6 is 22.6 Å². The van der Waals surface area contributed by atoms with E-state index in [1.807, 2.05) is 41.1 Å². The van der Waals surface area contributed by atoms with Gasteiger partial charge in [0, 0.05) is 6.20 Å². The number of nitrogens with zero attached hydrogens (tertiary/aromatic N) is 3. The van der Waals surface area contributed by atoms with Crippen molar-refractivity contribution in [3.63, 3.8) is 0 Å². The molecule has 21 heavy (non-hydrogen) atoms. The van der Waals surface area contributed by atoms with Crippen LogP contribution < -0.4 is 4.74 Å². The molecule has 0 fully saturated rings. The third-order valence-corrected chi connectivity index (χ3v) is 3.90. The molecule has 0 saturated heterocycles. The Hall–Kier alpha value is -1.67. The first-order chi connectivity index (χ1) is 10.3. The van der Waals surface area contributed by atoms with Crippen molar-refractivity contribution in [3.05, 3.63) is 52.0 Å². The number of hydrogen-bond donors (Lipinski definition) is 0. The van der Waals surface area contributed by atoms with Crippen LogP contribution in [0.25, 0.3) is 11.0 Å². The van der Waals surface area contributed by atoms with Crippen molar-refractivity contribution in [1.82, 2.24) is 14.5 Å². The minimum absolute atomic E-state index is 0.429. The monoisotopic (exact) mass is 395 g/mol. The smallest absolute Gasteiger partial charge is 0.241 e. The highest BCUT2D eigenvalue weighted by atomic mass is 127. The zero-order valence-corrected chi connectivity index (χ0v) is 13.6. The lowest BCUT2D eigenvalue weighted by Gasteiger charge is -2.08. The number of methoxy groups -OCH3 is 1. The van der Waals surface area contributed by atoms with Crippen LogP contribution in [0.3, 0.4) is 0 Å². The van der Waals surface area contributed by atoms with E-state index in [9.17, 15) is 0 Å². The Morgan fingerprint density at radius 1 is 1.19 bits per heavy atom. The second-order valence-electron chi connectivity index (χ2n) is 4.49. The quantitative estimate of drug-likeness (QED) is 0.623. The molecule has 108 valence electrons. The van der Waals surface area contributed by atoms with Crippen molar-refractivity contribution in [1.29, 1.82) is 0 Å². The fourth-order valence-corrected chi connectivity index (χ4v) is 2.88. The molecular formula is C15H14IN3O2. The number of benzene rings is 1. The molecular weight excluding hydrogens is 381 g/mol. The second-order valence-corrected chi connectivity index (χ2v) is 5.65. The van der Waals surface area contributed by atoms with Gasteiger partial charge >= 0.3 is 0 Å². The molecule has 0 aliphatic carbocycles. The van der Waals surface area contributed by atoms with Crippen LogP contribution in [0, 0.1) is 3.57 Å². The third kappa shape index (κ3) is 3.01. The standard InChI is InChI=1S/C15H14IN3O2/c1-20-15-14-13(17-9-18-15)12(16)7-19(14)10-21-8-11-5-3-2-4-6-11/h2-7,9H,8,10H2,1H3. The fraction of sp³-hybridized carbons (Fsp3) is 0.200. The van der Waals surface area contributed by atoms with Crippen molar-refractivity contribution >= 4 is 33.6 Å². The number of hydrogen-bond acceptors (Lipinski definition) is 4. The topological polar surface area (TPSA) is 49.2 Å². The molecule has 0 aliphatic heterocycles. The Morgan fingerprint density at radius 3 is 2.76 bits per heavy atom. The van der Waals surface area contributed by atoms with E-state index in [2.05, 4.69) is 32.6 Å². The highest BCUT2D eigenvalue weighted by molar-refractivity contribution is 14.1. The average Bonchev–Trinajstić information content (AvgIpc) is 2.85. The molecule has 0 atom stereocenters. The van der Waals surface area contributed by atoms with E-state index >= 15 is 0 Å². The molecule has 5 nitrogen and oxygen atoms in total. The highest BCUT2D eigenvalue weighted by Gasteiger charge is 2.13. The molecule has 2 aromatic heterocycles. The molecule has 0 unspecified atom stereocenters. The fourth-order valence-electron chi connectivity index (χ4n) is 2.15. The van der Waals surface area contributed by atoms with Crippen molar-refractivity contribution in [2.24, 2.45) is 0 Å². The number of rotatable bonds is 5. The molecule has 0 N–H and O–H groups in total. The molecule has 3 rings (SSSR count). The molecule has 1 aromatic carbocycles. The van der Waals surface area contributed by atoms with Gasteiger partial charge in [-0.25, -0.2) is 4.98 Å². The van der Waals surface area contributed by atoms with Crippen LogP contribution in [-0.4, -0.2) is 21.6 Å². The van der Waals surface area contributed by atoms with Gasteiger partial charge in [0.2, 0.25) is 5.88 Å². The van der Waals surface area contributed by atoms with E-state index in [0.717, 1.165) is 20.2 Å². The van der Waals surface area contributed by atoms with Crippen LogP contribution in [0.5, 0.6) is 5.88 Å². The van der Waals surface area contributed by atoms with Gasteiger partial charge in [0.25, 0.3) is 0 Å². The second kappa shape index (κ2) is 6.40. The Kier molecular flexibility index (Phi) is 4.35. The lowest BCUT2D eigenvalue weighted by molar-refractivity contribution is 0.0664. The largest absolute Gasteiger partial charge is 0.479 e. The number of fused-ring (bicyclic) bond motifs is 1. The van der Waals surface area contributed by atoms with Crippen molar-refractivity contribution in [2.45, 2.75) is 13.3 Å². The summed E-state index contributed by atoms with van der Waals surface area (Å²) in [6.45, 7) is 0.991. The summed E-state index contributed by atoms with van der Waals surface area (Å²) in [6.07, 6.45) is 3.51. The van der Waals surface area contributed by atoms with E-state index in [-0.39, 0.29) is 0 Å². The van der Waals surface area contributed by atoms with Crippen LogP contribution in [0.15, 0.2) is 42.9 Å². The summed E-state index contributed by atoms with van der Waals surface area (Å²) in [7, 11) is 1.61. The first kappa shape index (κ1) is 14.3. The zero-order chi connectivity index (χ0) is 14.7. The SMILES string of the molecule is COc1ncnc2c(I)cn(COCc3ccccc3)c12. The summed E-state index contributed by atoms with van der Waals surface area (Å²) in [5.74, 6) is 0.561. The molecule has 0 aliphatic rings. The summed E-state index contributed by atoms with van der Waals surface area (Å²) < 4.78 is 14.1. The Morgan fingerprint density at radius 2 is 2.00 bits per heavy atom. The number of aromatic nitrogens is 3. The predicted molar refractivity (Wildman–Crippen MR) is 88.0 cm³/mol. The van der Waals surface area contributed by atoms with Crippen molar-refractivity contribution in [2.75, 3.05) is 7.11 Å². The van der Waals surface area contributed by atoms with E-state index < -0.39 is 0 Å². The van der Waals surface area contributed by atoms with Crippen LogP contribution in [0.1, 0.15) is 5.56 Å². The lowest BCUT2D eigenvalue weighted by atomic mass is 10.2. The van der Waals surface area contributed by atoms with Gasteiger partial charge in [-0.15, -0.1) is 0 Å².